The first-order valence-corrected chi connectivity index (χ1v) is 7.91. The molecule has 1 saturated carbocycles. The number of anilines is 1. The molecule has 3 aliphatic carbocycles. The number of allylic oxidation sites excluding steroid dienone is 2. The van der Waals surface area contributed by atoms with E-state index in [9.17, 15) is 19.7 Å². The van der Waals surface area contributed by atoms with E-state index in [1.165, 1.54) is 25.3 Å². The maximum atomic E-state index is 12.9. The number of fused-ring (bicyclic) bond motifs is 1. The summed E-state index contributed by atoms with van der Waals surface area (Å²) in [6, 6.07) is 3.95. The summed E-state index contributed by atoms with van der Waals surface area (Å²) in [5.41, 5.74) is -0.0159. The molecule has 24 heavy (non-hydrogen) atoms. The maximum absolute atomic E-state index is 12.9. The van der Waals surface area contributed by atoms with Crippen LogP contribution in [0.2, 0.25) is 0 Å². The molecule has 7 heteroatoms. The van der Waals surface area contributed by atoms with Crippen LogP contribution in [0.5, 0.6) is 5.75 Å². The average molecular weight is 328 g/mol. The molecule has 7 nitrogen and oxygen atoms in total. The van der Waals surface area contributed by atoms with Crippen molar-refractivity contribution in [2.24, 2.45) is 23.7 Å². The summed E-state index contributed by atoms with van der Waals surface area (Å²) in [6.07, 6.45) is 5.88. The molecule has 1 saturated heterocycles. The van der Waals surface area contributed by atoms with Crippen molar-refractivity contribution >= 4 is 23.2 Å². The molecule has 0 unspecified atom stereocenters. The van der Waals surface area contributed by atoms with Gasteiger partial charge in [0, 0.05) is 12.1 Å². The van der Waals surface area contributed by atoms with Gasteiger partial charge in [0.05, 0.1) is 23.9 Å². The fourth-order valence-electron chi connectivity index (χ4n) is 4.28. The van der Waals surface area contributed by atoms with Crippen molar-refractivity contribution in [3.63, 3.8) is 0 Å². The lowest BCUT2D eigenvalue weighted by molar-refractivity contribution is -0.384. The van der Waals surface area contributed by atoms with Crippen molar-refractivity contribution in [1.82, 2.24) is 0 Å². The number of amides is 2. The molecule has 0 aromatic heterocycles. The van der Waals surface area contributed by atoms with Crippen LogP contribution in [0.15, 0.2) is 30.4 Å². The quantitative estimate of drug-likeness (QED) is 0.367. The topological polar surface area (TPSA) is 89.8 Å². The Morgan fingerprint density at radius 1 is 1.12 bits per heavy atom. The molecule has 5 rings (SSSR count). The van der Waals surface area contributed by atoms with Gasteiger partial charge in [-0.15, -0.1) is 0 Å². The highest BCUT2D eigenvalue weighted by Crippen LogP contribution is 2.51. The van der Waals surface area contributed by atoms with Crippen molar-refractivity contribution in [1.29, 1.82) is 0 Å². The monoisotopic (exact) mass is 328 g/mol. The zero-order chi connectivity index (χ0) is 17.0. The first-order valence-electron chi connectivity index (χ1n) is 7.91. The first-order chi connectivity index (χ1) is 11.5. The zero-order valence-electron chi connectivity index (χ0n) is 13.0. The summed E-state index contributed by atoms with van der Waals surface area (Å²) in [4.78, 5) is 37.5. The summed E-state index contributed by atoms with van der Waals surface area (Å²) >= 11 is 0. The van der Waals surface area contributed by atoms with Gasteiger partial charge >= 0.3 is 0 Å². The lowest BCUT2D eigenvalue weighted by Gasteiger charge is -2.38. The number of hydrogen-bond donors (Lipinski definition) is 0. The van der Waals surface area contributed by atoms with Crippen LogP contribution in [0, 0.1) is 33.8 Å². The van der Waals surface area contributed by atoms with Crippen LogP contribution in [0.4, 0.5) is 11.4 Å². The first kappa shape index (κ1) is 14.9. The number of benzene rings is 1. The Morgan fingerprint density at radius 2 is 1.71 bits per heavy atom. The van der Waals surface area contributed by atoms with E-state index < -0.39 is 4.92 Å². The van der Waals surface area contributed by atoms with E-state index in [1.54, 1.807) is 0 Å². The largest absolute Gasteiger partial charge is 0.495 e. The van der Waals surface area contributed by atoms with Gasteiger partial charge in [0.15, 0.2) is 0 Å². The normalized spacial score (nSPS) is 30.6. The number of ether oxygens (including phenoxy) is 1. The fourth-order valence-corrected chi connectivity index (χ4v) is 4.28. The Hall–Kier alpha value is -2.70. The second kappa shape index (κ2) is 5.15. The molecule has 1 aromatic rings. The lowest BCUT2D eigenvalue weighted by Crippen LogP contribution is -2.38. The molecule has 1 heterocycles. The van der Waals surface area contributed by atoms with Gasteiger partial charge < -0.3 is 4.74 Å². The molecular formula is C17H16N2O5. The van der Waals surface area contributed by atoms with Crippen LogP contribution in [0.3, 0.4) is 0 Å². The van der Waals surface area contributed by atoms with Crippen LogP contribution < -0.4 is 9.64 Å². The SMILES string of the molecule is COc1ccc([N+](=O)[O-])cc1N1C(=O)[C@@H]2[C@H](C1=O)[C@@H]1C=C[C@H]2CC1. The molecular weight excluding hydrogens is 312 g/mol. The van der Waals surface area contributed by atoms with E-state index in [4.69, 9.17) is 4.74 Å². The Kier molecular flexibility index (Phi) is 3.19. The molecule has 4 aliphatic rings. The molecule has 0 N–H and O–H groups in total. The summed E-state index contributed by atoms with van der Waals surface area (Å²) in [5, 5.41) is 11.1. The number of carbonyl (C=O) groups excluding carboxylic acids is 2. The standard InChI is InChI=1S/C17H16N2O5/c1-24-13-7-6-11(19(22)23)8-12(13)18-16(20)14-9-2-3-10(5-4-9)15(14)17(18)21/h2-3,6-10,14-15H,4-5H2,1H3/t9-,10+,14-,15+. The predicted molar refractivity (Wildman–Crippen MR) is 84.5 cm³/mol. The second-order valence-electron chi connectivity index (χ2n) is 6.47. The van der Waals surface area contributed by atoms with Crippen LogP contribution in [-0.2, 0) is 9.59 Å². The minimum atomic E-state index is -0.549. The number of imide groups is 1. The summed E-state index contributed by atoms with van der Waals surface area (Å²) in [6.45, 7) is 0. The molecule has 2 fully saturated rings. The third kappa shape index (κ3) is 1.90. The van der Waals surface area contributed by atoms with Crippen LogP contribution >= 0.6 is 0 Å². The van der Waals surface area contributed by atoms with E-state index in [-0.39, 0.29) is 52.6 Å². The van der Waals surface area contributed by atoms with Crippen molar-refractivity contribution < 1.29 is 19.2 Å². The number of non-ortho nitro benzene ring substituents is 1. The van der Waals surface area contributed by atoms with E-state index in [0.29, 0.717) is 0 Å². The van der Waals surface area contributed by atoms with Gasteiger partial charge in [-0.3, -0.25) is 19.7 Å². The number of nitrogens with zero attached hydrogens (tertiary/aromatic N) is 2. The number of carbonyl (C=O) groups is 2. The predicted octanol–water partition coefficient (Wildman–Crippen LogP) is 2.30. The van der Waals surface area contributed by atoms with Crippen molar-refractivity contribution in [3.05, 3.63) is 40.5 Å². The average Bonchev–Trinajstić information content (AvgIpc) is 2.88. The Labute approximate surface area is 138 Å². The molecule has 1 aromatic carbocycles. The highest BCUT2D eigenvalue weighted by atomic mass is 16.6. The highest BCUT2D eigenvalue weighted by molar-refractivity contribution is 6.23. The third-order valence-electron chi connectivity index (χ3n) is 5.37. The number of methoxy groups -OCH3 is 1. The lowest BCUT2D eigenvalue weighted by atomic mass is 9.63. The van der Waals surface area contributed by atoms with Crippen LogP contribution in [0.25, 0.3) is 0 Å². The van der Waals surface area contributed by atoms with Crippen molar-refractivity contribution in [2.75, 3.05) is 12.0 Å². The minimum absolute atomic E-state index is 0.0751. The smallest absolute Gasteiger partial charge is 0.271 e. The zero-order valence-corrected chi connectivity index (χ0v) is 13.0. The maximum Gasteiger partial charge on any atom is 0.271 e. The van der Waals surface area contributed by atoms with E-state index in [1.807, 2.05) is 12.2 Å². The molecule has 2 amide bonds. The molecule has 4 atom stereocenters. The number of nitro groups is 1. The van der Waals surface area contributed by atoms with Gasteiger partial charge in [-0.2, -0.15) is 0 Å². The Balaban J connectivity index is 1.80. The molecule has 2 bridgehead atoms. The Morgan fingerprint density at radius 3 is 2.17 bits per heavy atom. The van der Waals surface area contributed by atoms with Crippen LogP contribution in [-0.4, -0.2) is 23.8 Å². The number of rotatable bonds is 3. The van der Waals surface area contributed by atoms with Crippen LogP contribution in [0.1, 0.15) is 12.8 Å². The van der Waals surface area contributed by atoms with E-state index in [0.717, 1.165) is 17.7 Å². The fraction of sp³-hybridized carbons (Fsp3) is 0.412. The van der Waals surface area contributed by atoms with Gasteiger partial charge in [-0.05, 0) is 30.7 Å². The molecule has 0 spiro atoms. The summed E-state index contributed by atoms with van der Waals surface area (Å²) in [5.74, 6) is -0.834. The van der Waals surface area contributed by atoms with Crippen molar-refractivity contribution in [3.8, 4) is 5.75 Å². The van der Waals surface area contributed by atoms with E-state index in [2.05, 4.69) is 0 Å². The van der Waals surface area contributed by atoms with Gasteiger partial charge in [0.1, 0.15) is 11.4 Å². The van der Waals surface area contributed by atoms with Gasteiger partial charge in [-0.25, -0.2) is 4.90 Å². The number of hydrogen-bond acceptors (Lipinski definition) is 5. The van der Waals surface area contributed by atoms with Gasteiger partial charge in [-0.1, -0.05) is 12.2 Å². The molecule has 124 valence electrons. The number of nitro benzene ring substituents is 1. The molecule has 0 radical (unpaired) electrons. The Bertz CT molecular complexity index is 755. The van der Waals surface area contributed by atoms with Gasteiger partial charge in [0.25, 0.3) is 5.69 Å². The summed E-state index contributed by atoms with van der Waals surface area (Å²) in [7, 11) is 1.41. The second-order valence-corrected chi connectivity index (χ2v) is 6.47. The highest BCUT2D eigenvalue weighted by Gasteiger charge is 2.57. The summed E-state index contributed by atoms with van der Waals surface area (Å²) < 4.78 is 5.23. The minimum Gasteiger partial charge on any atom is -0.495 e. The van der Waals surface area contributed by atoms with E-state index >= 15 is 0 Å². The third-order valence-corrected chi connectivity index (χ3v) is 5.37. The van der Waals surface area contributed by atoms with Crippen molar-refractivity contribution in [2.45, 2.75) is 12.8 Å². The van der Waals surface area contributed by atoms with Gasteiger partial charge in [0.2, 0.25) is 11.8 Å². The molecule has 1 aliphatic heterocycles.